The van der Waals surface area contributed by atoms with Gasteiger partial charge in [0.15, 0.2) is 0 Å². The maximum Gasteiger partial charge on any atom is 0.240 e. The molecule has 30 heavy (non-hydrogen) atoms. The second kappa shape index (κ2) is 10.1. The van der Waals surface area contributed by atoms with Gasteiger partial charge in [0.1, 0.15) is 5.75 Å². The van der Waals surface area contributed by atoms with Gasteiger partial charge in [-0.2, -0.15) is 0 Å². The van der Waals surface area contributed by atoms with Gasteiger partial charge in [0, 0.05) is 19.5 Å². The van der Waals surface area contributed by atoms with Crippen molar-refractivity contribution in [2.75, 3.05) is 20.2 Å². The van der Waals surface area contributed by atoms with Crippen molar-refractivity contribution in [1.82, 2.24) is 10.0 Å². The van der Waals surface area contributed by atoms with Crippen molar-refractivity contribution in [1.29, 1.82) is 0 Å². The van der Waals surface area contributed by atoms with E-state index >= 15 is 0 Å². The molecule has 0 atom stereocenters. The lowest BCUT2D eigenvalue weighted by atomic mass is 9.92. The molecule has 0 heterocycles. The van der Waals surface area contributed by atoms with E-state index in [1.54, 1.807) is 19.2 Å². The Morgan fingerprint density at radius 3 is 2.57 bits per heavy atom. The van der Waals surface area contributed by atoms with Crippen LogP contribution in [0, 0.1) is 6.92 Å². The molecule has 2 N–H and O–H groups in total. The molecule has 7 heteroatoms. The molecule has 0 spiro atoms. The van der Waals surface area contributed by atoms with Crippen LogP contribution in [0.3, 0.4) is 0 Å². The molecule has 1 amide bonds. The number of rotatable bonds is 9. The van der Waals surface area contributed by atoms with Crippen LogP contribution in [0.4, 0.5) is 0 Å². The van der Waals surface area contributed by atoms with Gasteiger partial charge < -0.3 is 10.1 Å². The number of amides is 1. The third-order valence-corrected chi connectivity index (χ3v) is 6.89. The Hall–Kier alpha value is -2.38. The number of benzene rings is 2. The van der Waals surface area contributed by atoms with Crippen LogP contribution in [0.5, 0.6) is 5.75 Å². The zero-order valence-corrected chi connectivity index (χ0v) is 18.5. The van der Waals surface area contributed by atoms with Crippen molar-refractivity contribution in [2.24, 2.45) is 0 Å². The second-order valence-electron chi connectivity index (χ2n) is 7.70. The predicted octanol–water partition coefficient (Wildman–Crippen LogP) is 2.91. The van der Waals surface area contributed by atoms with Crippen LogP contribution < -0.4 is 14.8 Å². The van der Waals surface area contributed by atoms with Gasteiger partial charge in [-0.15, -0.1) is 0 Å². The van der Waals surface area contributed by atoms with Crippen LogP contribution in [-0.2, 0) is 34.1 Å². The third-order valence-electron chi connectivity index (χ3n) is 5.43. The molecule has 1 aliphatic carbocycles. The minimum Gasteiger partial charge on any atom is -0.496 e. The fraction of sp³-hybridized carbons (Fsp3) is 0.435. The van der Waals surface area contributed by atoms with Crippen LogP contribution in [-0.4, -0.2) is 34.5 Å². The van der Waals surface area contributed by atoms with Crippen LogP contribution in [0.2, 0.25) is 0 Å². The number of methoxy groups -OCH3 is 1. The average Bonchev–Trinajstić information content (AvgIpc) is 2.73. The molecular weight excluding hydrogens is 400 g/mol. The summed E-state index contributed by atoms with van der Waals surface area (Å²) in [5.74, 6) is 0.613. The molecule has 162 valence electrons. The van der Waals surface area contributed by atoms with Crippen LogP contribution in [0.25, 0.3) is 0 Å². The fourth-order valence-electron chi connectivity index (χ4n) is 3.79. The number of hydrogen-bond donors (Lipinski definition) is 2. The summed E-state index contributed by atoms with van der Waals surface area (Å²) in [5.41, 5.74) is 4.53. The monoisotopic (exact) mass is 430 g/mol. The molecule has 2 aromatic carbocycles. The van der Waals surface area contributed by atoms with E-state index in [1.807, 2.05) is 31.2 Å². The van der Waals surface area contributed by atoms with E-state index in [0.29, 0.717) is 13.0 Å². The Morgan fingerprint density at radius 2 is 1.80 bits per heavy atom. The maximum atomic E-state index is 12.5. The van der Waals surface area contributed by atoms with E-state index in [4.69, 9.17) is 4.74 Å². The fourth-order valence-corrected chi connectivity index (χ4v) is 4.87. The van der Waals surface area contributed by atoms with E-state index in [-0.39, 0.29) is 23.8 Å². The van der Waals surface area contributed by atoms with E-state index in [0.717, 1.165) is 48.1 Å². The van der Waals surface area contributed by atoms with Crippen LogP contribution in [0.1, 0.15) is 41.5 Å². The number of fused-ring (bicyclic) bond motifs is 1. The molecule has 2 aromatic rings. The smallest absolute Gasteiger partial charge is 0.240 e. The second-order valence-corrected chi connectivity index (χ2v) is 9.47. The van der Waals surface area contributed by atoms with E-state index < -0.39 is 10.0 Å². The lowest BCUT2D eigenvalue weighted by Gasteiger charge is -2.16. The molecule has 0 unspecified atom stereocenters. The number of nitrogens with one attached hydrogen (secondary N) is 2. The van der Waals surface area contributed by atoms with E-state index in [1.165, 1.54) is 5.56 Å². The lowest BCUT2D eigenvalue weighted by Crippen LogP contribution is -2.31. The van der Waals surface area contributed by atoms with E-state index in [2.05, 4.69) is 10.0 Å². The quantitative estimate of drug-likeness (QED) is 0.641. The van der Waals surface area contributed by atoms with Gasteiger partial charge in [-0.05, 0) is 73.9 Å². The normalized spacial score (nSPS) is 13.5. The zero-order valence-electron chi connectivity index (χ0n) is 17.7. The Morgan fingerprint density at radius 1 is 1.03 bits per heavy atom. The first kappa shape index (κ1) is 22.3. The summed E-state index contributed by atoms with van der Waals surface area (Å²) in [4.78, 5) is 12.4. The molecule has 0 aromatic heterocycles. The first-order valence-corrected chi connectivity index (χ1v) is 11.9. The van der Waals surface area contributed by atoms with Gasteiger partial charge in [0.25, 0.3) is 0 Å². The highest BCUT2D eigenvalue weighted by Gasteiger charge is 2.17. The summed E-state index contributed by atoms with van der Waals surface area (Å²) in [6.07, 6.45) is 4.93. The molecule has 0 bridgehead atoms. The highest BCUT2D eigenvalue weighted by atomic mass is 32.2. The summed E-state index contributed by atoms with van der Waals surface area (Å²) in [7, 11) is -1.99. The van der Waals surface area contributed by atoms with Crippen LogP contribution in [0.15, 0.2) is 41.3 Å². The third kappa shape index (κ3) is 5.83. The lowest BCUT2D eigenvalue weighted by molar-refractivity contribution is -0.120. The minimum atomic E-state index is -3.61. The van der Waals surface area contributed by atoms with Crippen molar-refractivity contribution in [2.45, 2.75) is 50.3 Å². The van der Waals surface area contributed by atoms with Gasteiger partial charge in [0.05, 0.1) is 12.0 Å². The summed E-state index contributed by atoms with van der Waals surface area (Å²) in [5, 5.41) is 2.84. The largest absolute Gasteiger partial charge is 0.496 e. The number of hydrogen-bond acceptors (Lipinski definition) is 4. The summed E-state index contributed by atoms with van der Waals surface area (Å²) >= 11 is 0. The number of carbonyl (C=O) groups is 1. The van der Waals surface area contributed by atoms with Crippen molar-refractivity contribution in [3.05, 3.63) is 58.7 Å². The molecule has 0 radical (unpaired) electrons. The van der Waals surface area contributed by atoms with Gasteiger partial charge >= 0.3 is 0 Å². The van der Waals surface area contributed by atoms with Gasteiger partial charge in [-0.25, -0.2) is 13.1 Å². The Kier molecular flexibility index (Phi) is 7.50. The number of aryl methyl sites for hydroxylation is 3. The molecule has 0 saturated heterocycles. The number of carbonyl (C=O) groups excluding carboxylic acids is 1. The van der Waals surface area contributed by atoms with Crippen molar-refractivity contribution in [3.8, 4) is 5.75 Å². The zero-order chi connectivity index (χ0) is 21.6. The van der Waals surface area contributed by atoms with Gasteiger partial charge in [-0.3, -0.25) is 4.79 Å². The van der Waals surface area contributed by atoms with Crippen LogP contribution >= 0.6 is 0 Å². The molecule has 0 saturated carbocycles. The van der Waals surface area contributed by atoms with Crippen molar-refractivity contribution >= 4 is 15.9 Å². The molecular formula is C23H30N2O4S. The Labute approximate surface area is 179 Å². The standard InChI is InChI=1S/C23H30N2O4S/c1-17-7-10-22(29-2)20(15-17)11-13-24-23(26)12-14-25-30(27,28)21-9-8-18-5-3-4-6-19(18)16-21/h7-10,15-16,25H,3-6,11-14H2,1-2H3,(H,24,26). The highest BCUT2D eigenvalue weighted by Crippen LogP contribution is 2.24. The molecule has 6 nitrogen and oxygen atoms in total. The number of ether oxygens (including phenoxy) is 1. The molecule has 0 fully saturated rings. The summed E-state index contributed by atoms with van der Waals surface area (Å²) in [6, 6.07) is 11.3. The minimum absolute atomic E-state index is 0.0685. The predicted molar refractivity (Wildman–Crippen MR) is 117 cm³/mol. The molecule has 0 aliphatic heterocycles. The van der Waals surface area contributed by atoms with Crippen molar-refractivity contribution in [3.63, 3.8) is 0 Å². The first-order valence-electron chi connectivity index (χ1n) is 10.4. The molecule has 1 aliphatic rings. The van der Waals surface area contributed by atoms with Gasteiger partial charge in [-0.1, -0.05) is 23.8 Å². The SMILES string of the molecule is COc1ccc(C)cc1CCNC(=O)CCNS(=O)(=O)c1ccc2c(c1)CCCC2. The van der Waals surface area contributed by atoms with Crippen molar-refractivity contribution < 1.29 is 17.9 Å². The average molecular weight is 431 g/mol. The summed E-state index contributed by atoms with van der Waals surface area (Å²) in [6.45, 7) is 2.55. The Balaban J connectivity index is 1.45. The highest BCUT2D eigenvalue weighted by molar-refractivity contribution is 7.89. The number of sulfonamides is 1. The Bertz CT molecular complexity index is 1000. The molecule has 3 rings (SSSR count). The topological polar surface area (TPSA) is 84.5 Å². The first-order chi connectivity index (χ1) is 14.4. The van der Waals surface area contributed by atoms with E-state index in [9.17, 15) is 13.2 Å². The van der Waals surface area contributed by atoms with Gasteiger partial charge in [0.2, 0.25) is 15.9 Å². The maximum absolute atomic E-state index is 12.5. The summed E-state index contributed by atoms with van der Waals surface area (Å²) < 4.78 is 33.0.